The number of carbonyl (C=O) groups excluding carboxylic acids is 2. The summed E-state index contributed by atoms with van der Waals surface area (Å²) in [4.78, 5) is 31.6. The van der Waals surface area contributed by atoms with Crippen LogP contribution in [0.25, 0.3) is 33.0 Å². The summed E-state index contributed by atoms with van der Waals surface area (Å²) >= 11 is 0. The molecule has 0 N–H and O–H groups in total. The summed E-state index contributed by atoms with van der Waals surface area (Å²) in [6.45, 7) is 7.30. The van der Waals surface area contributed by atoms with E-state index in [0.29, 0.717) is 37.6 Å². The van der Waals surface area contributed by atoms with E-state index in [1.165, 1.54) is 0 Å². The molecule has 214 valence electrons. The highest BCUT2D eigenvalue weighted by molar-refractivity contribution is 6.52. The summed E-state index contributed by atoms with van der Waals surface area (Å²) in [5.74, 6) is -0.207. The second-order valence-electron chi connectivity index (χ2n) is 11.1. The molecule has 0 radical (unpaired) electrons. The Morgan fingerprint density at radius 1 is 0.561 bits per heavy atom. The molecule has 4 bridgehead atoms. The van der Waals surface area contributed by atoms with Gasteiger partial charge in [0.1, 0.15) is 0 Å². The Kier molecular flexibility index (Phi) is 8.16. The lowest BCUT2D eigenvalue weighted by Gasteiger charge is -2.18. The Bertz CT molecular complexity index is 1500. The Morgan fingerprint density at radius 2 is 1.00 bits per heavy atom. The molecule has 8 heteroatoms. The van der Waals surface area contributed by atoms with E-state index in [1.807, 2.05) is 24.3 Å². The number of Topliss-reactive ketones (excluding diaryl/α,β-unsaturated/α-hetero) is 2. The van der Waals surface area contributed by atoms with Crippen LogP contribution in [-0.4, -0.2) is 97.2 Å². The maximum atomic E-state index is 13.5. The first-order chi connectivity index (χ1) is 20.0. The van der Waals surface area contributed by atoms with Gasteiger partial charge < -0.3 is 28.4 Å². The lowest BCUT2D eigenvalue weighted by Crippen LogP contribution is -2.28. The number of aromatic nitrogens is 2. The van der Waals surface area contributed by atoms with Crippen LogP contribution in [0.1, 0.15) is 17.5 Å². The fraction of sp³-hybridized carbons (Fsp3) is 0.394. The largest absolute Gasteiger partial charge is 0.378 e. The number of nitrogens with zero attached hydrogens (tertiary/aromatic N) is 4. The first-order valence-electron chi connectivity index (χ1n) is 14.5. The molecule has 0 spiro atoms. The van der Waals surface area contributed by atoms with Crippen molar-refractivity contribution in [2.45, 2.75) is 19.5 Å². The SMILES string of the molecule is CN1CCOCCOCCN(C)CCn2cc(c3ccccc32)C2=C(C(=O)CC2=O)c2cn(c3ccccc23)CC1. The number of fused-ring (bicyclic) bond motifs is 12. The first kappa shape index (κ1) is 27.6. The third-order valence-electron chi connectivity index (χ3n) is 8.30. The van der Waals surface area contributed by atoms with E-state index in [-0.39, 0.29) is 18.0 Å². The van der Waals surface area contributed by atoms with E-state index in [4.69, 9.17) is 9.47 Å². The van der Waals surface area contributed by atoms with E-state index in [1.54, 1.807) is 0 Å². The van der Waals surface area contributed by atoms with Gasteiger partial charge in [-0.05, 0) is 26.2 Å². The van der Waals surface area contributed by atoms with Gasteiger partial charge in [-0.2, -0.15) is 0 Å². The van der Waals surface area contributed by atoms with Crippen LogP contribution in [0.3, 0.4) is 0 Å². The van der Waals surface area contributed by atoms with E-state index in [2.05, 4.69) is 69.7 Å². The molecular weight excluding hydrogens is 516 g/mol. The summed E-state index contributed by atoms with van der Waals surface area (Å²) in [5, 5.41) is 2.00. The van der Waals surface area contributed by atoms with Crippen LogP contribution in [0.4, 0.5) is 0 Å². The van der Waals surface area contributed by atoms with Gasteiger partial charge in [0.15, 0.2) is 11.6 Å². The van der Waals surface area contributed by atoms with Crippen molar-refractivity contribution in [1.82, 2.24) is 18.9 Å². The fourth-order valence-electron chi connectivity index (χ4n) is 5.98. The second-order valence-corrected chi connectivity index (χ2v) is 11.1. The van der Waals surface area contributed by atoms with Gasteiger partial charge in [-0.25, -0.2) is 0 Å². The molecule has 4 aromatic rings. The molecule has 6 rings (SSSR count). The molecule has 2 aliphatic rings. The van der Waals surface area contributed by atoms with Crippen LogP contribution in [0, 0.1) is 0 Å². The van der Waals surface area contributed by atoms with E-state index >= 15 is 0 Å². The number of rotatable bonds is 0. The van der Waals surface area contributed by atoms with Gasteiger partial charge in [0.25, 0.3) is 0 Å². The molecular formula is C33H38N4O4. The Labute approximate surface area is 240 Å². The van der Waals surface area contributed by atoms with E-state index in [0.717, 1.165) is 72.2 Å². The predicted octanol–water partition coefficient (Wildman–Crippen LogP) is 3.96. The van der Waals surface area contributed by atoms with Crippen molar-refractivity contribution in [3.05, 3.63) is 72.1 Å². The van der Waals surface area contributed by atoms with Crippen LogP contribution in [0.15, 0.2) is 60.9 Å². The van der Waals surface area contributed by atoms with Gasteiger partial charge in [-0.15, -0.1) is 0 Å². The van der Waals surface area contributed by atoms with Gasteiger partial charge in [0.05, 0.1) is 32.8 Å². The van der Waals surface area contributed by atoms with Crippen LogP contribution in [-0.2, 0) is 32.2 Å². The van der Waals surface area contributed by atoms with E-state index < -0.39 is 0 Å². The maximum Gasteiger partial charge on any atom is 0.172 e. The molecule has 0 saturated carbocycles. The lowest BCUT2D eigenvalue weighted by molar-refractivity contribution is -0.119. The smallest absolute Gasteiger partial charge is 0.172 e. The standard InChI is InChI=1S/C33H38N4O4/c1-34-11-13-36-22-26(24-7-3-5-9-28(24)36)32-30(38)21-31(39)33(32)27-23-37(29-10-6-4-8-25(27)29)14-12-35(2)16-18-41-20-19-40-17-15-34/h3-10,22-23H,11-21H2,1-2H3. The normalized spacial score (nSPS) is 19.5. The van der Waals surface area contributed by atoms with Gasteiger partial charge >= 0.3 is 0 Å². The van der Waals surface area contributed by atoms with Gasteiger partial charge in [-0.3, -0.25) is 9.59 Å². The van der Waals surface area contributed by atoms with Crippen LogP contribution >= 0.6 is 0 Å². The van der Waals surface area contributed by atoms with Crippen molar-refractivity contribution in [3.8, 4) is 0 Å². The molecule has 41 heavy (non-hydrogen) atoms. The minimum Gasteiger partial charge on any atom is -0.378 e. The Morgan fingerprint density at radius 3 is 1.46 bits per heavy atom. The quantitative estimate of drug-likeness (QED) is 0.307. The van der Waals surface area contributed by atoms with Crippen molar-refractivity contribution >= 4 is 44.5 Å². The predicted molar refractivity (Wildman–Crippen MR) is 162 cm³/mol. The lowest BCUT2D eigenvalue weighted by atomic mass is 9.95. The van der Waals surface area contributed by atoms with Gasteiger partial charge in [0.2, 0.25) is 0 Å². The minimum absolute atomic E-state index is 0.0881. The molecule has 2 aromatic carbocycles. The van der Waals surface area contributed by atoms with Gasteiger partial charge in [-0.1, -0.05) is 36.4 Å². The summed E-state index contributed by atoms with van der Waals surface area (Å²) in [6, 6.07) is 16.3. The number of allylic oxidation sites excluding steroid dienone is 2. The van der Waals surface area contributed by atoms with Crippen LogP contribution in [0.5, 0.6) is 0 Å². The number of ketones is 2. The van der Waals surface area contributed by atoms with Crippen molar-refractivity contribution in [3.63, 3.8) is 0 Å². The number of carbonyl (C=O) groups is 2. The number of hydrogen-bond acceptors (Lipinski definition) is 6. The average molecular weight is 555 g/mol. The monoisotopic (exact) mass is 554 g/mol. The molecule has 0 amide bonds. The van der Waals surface area contributed by atoms with Gasteiger partial charge in [0, 0.05) is 95.7 Å². The number of hydrogen-bond donors (Lipinski definition) is 0. The number of benzene rings is 2. The summed E-state index contributed by atoms with van der Waals surface area (Å²) in [6.07, 6.45) is 4.05. The average Bonchev–Trinajstić information content (AvgIpc) is 3.61. The topological polar surface area (TPSA) is 68.9 Å². The third-order valence-corrected chi connectivity index (χ3v) is 8.30. The Hall–Kier alpha value is -3.56. The number of ether oxygens (including phenoxy) is 2. The fourth-order valence-corrected chi connectivity index (χ4v) is 5.98. The maximum absolute atomic E-state index is 13.5. The number of para-hydroxylation sites is 2. The van der Waals surface area contributed by atoms with Crippen molar-refractivity contribution in [2.24, 2.45) is 0 Å². The summed E-state index contributed by atoms with van der Waals surface area (Å²) in [5.41, 5.74) is 4.91. The van der Waals surface area contributed by atoms with Crippen LogP contribution in [0.2, 0.25) is 0 Å². The highest BCUT2D eigenvalue weighted by Gasteiger charge is 2.35. The van der Waals surface area contributed by atoms with Crippen molar-refractivity contribution in [1.29, 1.82) is 0 Å². The van der Waals surface area contributed by atoms with Crippen LogP contribution < -0.4 is 0 Å². The van der Waals surface area contributed by atoms with E-state index in [9.17, 15) is 9.59 Å². The molecule has 1 aliphatic carbocycles. The Balaban J connectivity index is 1.47. The van der Waals surface area contributed by atoms with Crippen molar-refractivity contribution < 1.29 is 19.1 Å². The molecule has 0 fully saturated rings. The third kappa shape index (κ3) is 5.65. The summed E-state index contributed by atoms with van der Waals surface area (Å²) < 4.78 is 16.0. The zero-order chi connectivity index (χ0) is 28.3. The zero-order valence-electron chi connectivity index (χ0n) is 24.0. The highest BCUT2D eigenvalue weighted by Crippen LogP contribution is 2.41. The summed E-state index contributed by atoms with van der Waals surface area (Å²) in [7, 11) is 4.19. The molecule has 0 saturated heterocycles. The molecule has 3 heterocycles. The zero-order valence-corrected chi connectivity index (χ0v) is 24.0. The van der Waals surface area contributed by atoms with Crippen molar-refractivity contribution in [2.75, 3.05) is 66.7 Å². The molecule has 2 aromatic heterocycles. The second kappa shape index (κ2) is 12.1. The highest BCUT2D eigenvalue weighted by atomic mass is 16.5. The number of likely N-dealkylation sites (N-methyl/N-ethyl adjacent to an activating group) is 2. The first-order valence-corrected chi connectivity index (χ1v) is 14.5. The molecule has 1 aliphatic heterocycles. The molecule has 8 nitrogen and oxygen atoms in total. The molecule has 0 atom stereocenters. The molecule has 0 unspecified atom stereocenters. The minimum atomic E-state index is -0.104.